The number of alkyl halides is 2. The Kier molecular flexibility index (Phi) is 5.17. The zero-order chi connectivity index (χ0) is 19.6. The van der Waals surface area contributed by atoms with Gasteiger partial charge in [-0.25, -0.2) is 0 Å². The van der Waals surface area contributed by atoms with Crippen LogP contribution in [-0.2, 0) is 17.6 Å². The summed E-state index contributed by atoms with van der Waals surface area (Å²) < 4.78 is 45.4. The number of halogens is 2. The molecule has 1 aromatic carbocycles. The summed E-state index contributed by atoms with van der Waals surface area (Å²) in [5.74, 6) is 0.745. The summed E-state index contributed by atoms with van der Waals surface area (Å²) in [5.41, 5.74) is 1.09. The van der Waals surface area contributed by atoms with Crippen LogP contribution in [0.3, 0.4) is 0 Å². The molecule has 0 saturated carbocycles. The number of amides is 1. The summed E-state index contributed by atoms with van der Waals surface area (Å²) in [6.45, 7) is 1.96. The predicted octanol–water partition coefficient (Wildman–Crippen LogP) is 2.94. The quantitative estimate of drug-likeness (QED) is 0.778. The van der Waals surface area contributed by atoms with Crippen molar-refractivity contribution < 1.29 is 32.3 Å². The smallest absolute Gasteiger partial charge is 0.395 e. The molecule has 2 aromatic rings. The Morgan fingerprint density at radius 1 is 1.21 bits per heavy atom. The van der Waals surface area contributed by atoms with Crippen LogP contribution in [-0.4, -0.2) is 37.1 Å². The maximum atomic E-state index is 13.0. The standard InChI is InChI=1S/C19H20F2N2O5/c20-19(21)26-16-5-4-12(8-17(16)27-19)2-1-3-14-9-15(23-28-14)18(24)22-10-13-6-7-25-11-13/h4-5,8-9,13H,1-3,6-7,10-11H2,(H,22,24). The molecule has 1 fully saturated rings. The van der Waals surface area contributed by atoms with Gasteiger partial charge in [0.25, 0.3) is 5.91 Å². The van der Waals surface area contributed by atoms with Crippen molar-refractivity contribution in [2.75, 3.05) is 19.8 Å². The highest BCUT2D eigenvalue weighted by Gasteiger charge is 2.43. The van der Waals surface area contributed by atoms with Crippen LogP contribution in [0.5, 0.6) is 11.5 Å². The van der Waals surface area contributed by atoms with Crippen LogP contribution >= 0.6 is 0 Å². The van der Waals surface area contributed by atoms with Crippen LogP contribution in [0.15, 0.2) is 28.8 Å². The number of hydrogen-bond donors (Lipinski definition) is 1. The van der Waals surface area contributed by atoms with Crippen LogP contribution in [0, 0.1) is 5.92 Å². The second-order valence-corrected chi connectivity index (χ2v) is 6.92. The molecule has 28 heavy (non-hydrogen) atoms. The highest BCUT2D eigenvalue weighted by atomic mass is 19.3. The summed E-state index contributed by atoms with van der Waals surface area (Å²) in [6.07, 6.45) is -0.760. The van der Waals surface area contributed by atoms with E-state index in [-0.39, 0.29) is 23.1 Å². The number of ether oxygens (including phenoxy) is 3. The van der Waals surface area contributed by atoms with E-state index in [0.717, 1.165) is 18.6 Å². The molecule has 9 heteroatoms. The molecule has 4 rings (SSSR count). The molecule has 7 nitrogen and oxygen atoms in total. The Bertz CT molecular complexity index is 849. The van der Waals surface area contributed by atoms with E-state index in [4.69, 9.17) is 9.26 Å². The fraction of sp³-hybridized carbons (Fsp3) is 0.474. The Balaban J connectivity index is 1.24. The molecule has 1 saturated heterocycles. The minimum absolute atomic E-state index is 0.0313. The third kappa shape index (κ3) is 4.41. The molecule has 0 spiro atoms. The molecule has 0 bridgehead atoms. The van der Waals surface area contributed by atoms with E-state index in [1.54, 1.807) is 18.2 Å². The Morgan fingerprint density at radius 3 is 2.89 bits per heavy atom. The SMILES string of the molecule is O=C(NCC1CCOC1)c1cc(CCCc2ccc3c(c2)OC(F)(F)O3)on1. The van der Waals surface area contributed by atoms with Crippen molar-refractivity contribution in [3.63, 3.8) is 0 Å². The van der Waals surface area contributed by atoms with Crippen molar-refractivity contribution in [1.29, 1.82) is 0 Å². The molecule has 2 aliphatic heterocycles. The van der Waals surface area contributed by atoms with Gasteiger partial charge in [-0.05, 0) is 37.0 Å². The minimum atomic E-state index is -3.61. The number of rotatable bonds is 7. The summed E-state index contributed by atoms with van der Waals surface area (Å²) in [4.78, 5) is 12.1. The van der Waals surface area contributed by atoms with Gasteiger partial charge in [0.05, 0.1) is 6.61 Å². The topological polar surface area (TPSA) is 82.8 Å². The molecule has 3 heterocycles. The maximum absolute atomic E-state index is 13.0. The Hall–Kier alpha value is -2.68. The summed E-state index contributed by atoms with van der Waals surface area (Å²) in [5, 5.41) is 6.65. The van der Waals surface area contributed by atoms with E-state index in [1.807, 2.05) is 0 Å². The van der Waals surface area contributed by atoms with Crippen molar-refractivity contribution in [2.24, 2.45) is 5.92 Å². The van der Waals surface area contributed by atoms with Crippen molar-refractivity contribution in [3.05, 3.63) is 41.3 Å². The number of benzene rings is 1. The van der Waals surface area contributed by atoms with E-state index >= 15 is 0 Å². The number of nitrogens with one attached hydrogen (secondary N) is 1. The van der Waals surface area contributed by atoms with Gasteiger partial charge in [-0.2, -0.15) is 0 Å². The molecule has 1 N–H and O–H groups in total. The van der Waals surface area contributed by atoms with Gasteiger partial charge in [0, 0.05) is 31.6 Å². The fourth-order valence-corrected chi connectivity index (χ4v) is 3.23. The average Bonchev–Trinajstić information content (AvgIpc) is 3.38. The summed E-state index contributed by atoms with van der Waals surface area (Å²) in [7, 11) is 0. The van der Waals surface area contributed by atoms with Gasteiger partial charge in [-0.15, -0.1) is 8.78 Å². The van der Waals surface area contributed by atoms with Crippen LogP contribution in [0.25, 0.3) is 0 Å². The number of carbonyl (C=O) groups excluding carboxylic acids is 1. The lowest BCUT2D eigenvalue weighted by atomic mass is 10.1. The van der Waals surface area contributed by atoms with Crippen molar-refractivity contribution in [2.45, 2.75) is 32.0 Å². The van der Waals surface area contributed by atoms with Gasteiger partial charge < -0.3 is 24.1 Å². The van der Waals surface area contributed by atoms with E-state index in [2.05, 4.69) is 19.9 Å². The molecule has 1 amide bonds. The normalized spacial score (nSPS) is 19.7. The van der Waals surface area contributed by atoms with Crippen LogP contribution in [0.1, 0.15) is 34.7 Å². The highest BCUT2D eigenvalue weighted by molar-refractivity contribution is 5.92. The first-order valence-corrected chi connectivity index (χ1v) is 9.19. The van der Waals surface area contributed by atoms with Crippen molar-refractivity contribution >= 4 is 5.91 Å². The number of fused-ring (bicyclic) bond motifs is 1. The first kappa shape index (κ1) is 18.7. The van der Waals surface area contributed by atoms with Crippen molar-refractivity contribution in [1.82, 2.24) is 10.5 Å². The third-order valence-corrected chi connectivity index (χ3v) is 4.72. The second-order valence-electron chi connectivity index (χ2n) is 6.92. The van der Waals surface area contributed by atoms with E-state index in [9.17, 15) is 13.6 Å². The van der Waals surface area contributed by atoms with Crippen LogP contribution < -0.4 is 14.8 Å². The number of carbonyl (C=O) groups is 1. The van der Waals surface area contributed by atoms with Crippen LogP contribution in [0.2, 0.25) is 0 Å². The van der Waals surface area contributed by atoms with Crippen LogP contribution in [0.4, 0.5) is 8.78 Å². The van der Waals surface area contributed by atoms with Gasteiger partial charge in [0.2, 0.25) is 0 Å². The molecule has 0 aliphatic carbocycles. The third-order valence-electron chi connectivity index (χ3n) is 4.72. The van der Waals surface area contributed by atoms with Gasteiger partial charge >= 0.3 is 6.29 Å². The van der Waals surface area contributed by atoms with Gasteiger partial charge in [0.1, 0.15) is 5.76 Å². The van der Waals surface area contributed by atoms with E-state index in [0.29, 0.717) is 44.1 Å². The Morgan fingerprint density at radius 2 is 2.07 bits per heavy atom. The zero-order valence-electron chi connectivity index (χ0n) is 15.1. The van der Waals surface area contributed by atoms with E-state index < -0.39 is 6.29 Å². The highest BCUT2D eigenvalue weighted by Crippen LogP contribution is 2.41. The lowest BCUT2D eigenvalue weighted by molar-refractivity contribution is -0.286. The molecule has 1 atom stereocenters. The first-order valence-electron chi connectivity index (χ1n) is 9.19. The number of hydrogen-bond acceptors (Lipinski definition) is 6. The Labute approximate surface area is 159 Å². The largest absolute Gasteiger partial charge is 0.586 e. The van der Waals surface area contributed by atoms with Crippen molar-refractivity contribution in [3.8, 4) is 11.5 Å². The average molecular weight is 394 g/mol. The molecular formula is C19H20F2N2O5. The second kappa shape index (κ2) is 7.75. The van der Waals surface area contributed by atoms with Gasteiger partial charge in [0.15, 0.2) is 17.2 Å². The number of nitrogens with zero attached hydrogens (tertiary/aromatic N) is 1. The lowest BCUT2D eigenvalue weighted by Gasteiger charge is -2.07. The monoisotopic (exact) mass is 394 g/mol. The van der Waals surface area contributed by atoms with Gasteiger partial charge in [-0.3, -0.25) is 4.79 Å². The van der Waals surface area contributed by atoms with Gasteiger partial charge in [-0.1, -0.05) is 11.2 Å². The molecule has 0 radical (unpaired) electrons. The summed E-state index contributed by atoms with van der Waals surface area (Å²) in [6, 6.07) is 6.36. The zero-order valence-corrected chi connectivity index (χ0v) is 15.1. The molecule has 1 unspecified atom stereocenters. The fourth-order valence-electron chi connectivity index (χ4n) is 3.23. The minimum Gasteiger partial charge on any atom is -0.395 e. The van der Waals surface area contributed by atoms with E-state index in [1.165, 1.54) is 6.07 Å². The summed E-state index contributed by atoms with van der Waals surface area (Å²) >= 11 is 0. The number of aryl methyl sites for hydroxylation is 2. The molecular weight excluding hydrogens is 374 g/mol. The number of aromatic nitrogens is 1. The lowest BCUT2D eigenvalue weighted by Crippen LogP contribution is -2.29. The molecule has 150 valence electrons. The molecule has 1 aromatic heterocycles. The molecule has 2 aliphatic rings. The first-order chi connectivity index (χ1) is 13.5. The predicted molar refractivity (Wildman–Crippen MR) is 92.4 cm³/mol. The maximum Gasteiger partial charge on any atom is 0.586 e.